The van der Waals surface area contributed by atoms with Gasteiger partial charge in [-0.05, 0) is 44.9 Å². The molecule has 0 spiro atoms. The summed E-state index contributed by atoms with van der Waals surface area (Å²) in [5, 5.41) is 10.9. The van der Waals surface area contributed by atoms with Crippen LogP contribution in [-0.4, -0.2) is 14.9 Å². The number of hydrogen-bond acceptors (Lipinski definition) is 5. The Labute approximate surface area is 121 Å². The molecular weight excluding hydrogens is 333 g/mol. The van der Waals surface area contributed by atoms with E-state index in [0.29, 0.717) is 4.47 Å². The molecule has 0 saturated heterocycles. The molecule has 2 aromatic heterocycles. The number of nitro groups is 1. The highest BCUT2D eigenvalue weighted by Crippen LogP contribution is 2.31. The highest BCUT2D eigenvalue weighted by Gasteiger charge is 2.22. The first-order chi connectivity index (χ1) is 9.49. The van der Waals surface area contributed by atoms with E-state index in [1.54, 1.807) is 6.92 Å². The molecule has 0 bridgehead atoms. The minimum absolute atomic E-state index is 0.0538. The second-order valence-electron chi connectivity index (χ2n) is 3.86. The second kappa shape index (κ2) is 5.91. The number of rotatable bonds is 4. The molecule has 0 saturated carbocycles. The van der Waals surface area contributed by atoms with E-state index in [1.165, 1.54) is 30.6 Å². The Morgan fingerprint density at radius 2 is 2.25 bits per heavy atom. The molecule has 0 unspecified atom stereocenters. The summed E-state index contributed by atoms with van der Waals surface area (Å²) >= 11 is 3.15. The summed E-state index contributed by atoms with van der Waals surface area (Å²) in [7, 11) is 0. The molecule has 0 amide bonds. The van der Waals surface area contributed by atoms with Crippen LogP contribution in [0.1, 0.15) is 18.7 Å². The number of aromatic nitrogens is 2. The van der Waals surface area contributed by atoms with Crippen molar-refractivity contribution in [3.63, 3.8) is 0 Å². The van der Waals surface area contributed by atoms with Crippen LogP contribution in [0.5, 0.6) is 5.75 Å². The molecular formula is C12H9BrFN3O3. The Balaban J connectivity index is 2.32. The highest BCUT2D eigenvalue weighted by atomic mass is 79.9. The van der Waals surface area contributed by atoms with E-state index >= 15 is 0 Å². The molecule has 2 rings (SSSR count). The lowest BCUT2D eigenvalue weighted by atomic mass is 10.2. The zero-order valence-electron chi connectivity index (χ0n) is 10.3. The lowest BCUT2D eigenvalue weighted by molar-refractivity contribution is -0.390. The van der Waals surface area contributed by atoms with Crippen LogP contribution < -0.4 is 4.74 Å². The van der Waals surface area contributed by atoms with Crippen LogP contribution in [0.2, 0.25) is 0 Å². The second-order valence-corrected chi connectivity index (χ2v) is 4.78. The smallest absolute Gasteiger partial charge is 0.406 e. The van der Waals surface area contributed by atoms with Crippen LogP contribution in [0, 0.1) is 15.9 Å². The fourth-order valence-electron chi connectivity index (χ4n) is 1.58. The average Bonchev–Trinajstić information content (AvgIpc) is 2.38. The fraction of sp³-hybridized carbons (Fsp3) is 0.167. The lowest BCUT2D eigenvalue weighted by Gasteiger charge is -2.14. The number of nitrogens with zero attached hydrogens (tertiary/aromatic N) is 3. The maximum atomic E-state index is 13.6. The van der Waals surface area contributed by atoms with Crippen LogP contribution in [-0.2, 0) is 0 Å². The van der Waals surface area contributed by atoms with Gasteiger partial charge in [-0.2, -0.15) is 0 Å². The van der Waals surface area contributed by atoms with Gasteiger partial charge >= 0.3 is 5.82 Å². The standard InChI is InChI=1S/C12H9BrFN3O3/c1-7(11-9(14)3-2-4-15-11)20-10-5-8(13)6-16-12(10)17(18)19/h2-7H,1H3/t7-/m1/s1. The van der Waals surface area contributed by atoms with E-state index in [-0.39, 0.29) is 11.4 Å². The van der Waals surface area contributed by atoms with Crippen molar-refractivity contribution < 1.29 is 14.1 Å². The third-order valence-corrected chi connectivity index (χ3v) is 2.88. The van der Waals surface area contributed by atoms with Crippen LogP contribution in [0.4, 0.5) is 10.2 Å². The summed E-state index contributed by atoms with van der Waals surface area (Å²) in [5.74, 6) is -1.02. The van der Waals surface area contributed by atoms with Gasteiger partial charge in [0.05, 0.1) is 4.47 Å². The molecule has 0 N–H and O–H groups in total. The van der Waals surface area contributed by atoms with Crippen molar-refractivity contribution >= 4 is 21.7 Å². The van der Waals surface area contributed by atoms with Crippen molar-refractivity contribution in [3.8, 4) is 5.75 Å². The van der Waals surface area contributed by atoms with Gasteiger partial charge in [0.1, 0.15) is 17.6 Å². The monoisotopic (exact) mass is 341 g/mol. The Hall–Kier alpha value is -2.09. The van der Waals surface area contributed by atoms with Gasteiger partial charge in [-0.3, -0.25) is 4.98 Å². The third-order valence-electron chi connectivity index (χ3n) is 2.45. The number of hydrogen-bond donors (Lipinski definition) is 0. The van der Waals surface area contributed by atoms with Gasteiger partial charge in [0.25, 0.3) is 0 Å². The normalized spacial score (nSPS) is 11.9. The van der Waals surface area contributed by atoms with E-state index in [1.807, 2.05) is 0 Å². The molecule has 0 radical (unpaired) electrons. The maximum Gasteiger partial charge on any atom is 0.406 e. The SMILES string of the molecule is C[C@@H](Oc1cc(Br)cnc1[N+](=O)[O-])c1ncccc1F. The average molecular weight is 342 g/mol. The van der Waals surface area contributed by atoms with E-state index < -0.39 is 22.7 Å². The first kappa shape index (κ1) is 14.3. The van der Waals surface area contributed by atoms with Gasteiger partial charge in [-0.1, -0.05) is 0 Å². The van der Waals surface area contributed by atoms with Gasteiger partial charge in [0, 0.05) is 12.3 Å². The predicted molar refractivity (Wildman–Crippen MR) is 71.8 cm³/mol. The van der Waals surface area contributed by atoms with Crippen molar-refractivity contribution in [3.05, 3.63) is 56.7 Å². The van der Waals surface area contributed by atoms with Crippen molar-refractivity contribution in [2.75, 3.05) is 0 Å². The van der Waals surface area contributed by atoms with E-state index in [0.717, 1.165) is 0 Å². The minimum Gasteiger partial charge on any atom is -0.476 e. The van der Waals surface area contributed by atoms with Crippen LogP contribution in [0.25, 0.3) is 0 Å². The topological polar surface area (TPSA) is 78.2 Å². The first-order valence-corrected chi connectivity index (χ1v) is 6.35. The summed E-state index contributed by atoms with van der Waals surface area (Å²) in [4.78, 5) is 17.7. The van der Waals surface area contributed by atoms with Gasteiger partial charge in [-0.25, -0.2) is 4.39 Å². The van der Waals surface area contributed by atoms with E-state index in [9.17, 15) is 14.5 Å². The minimum atomic E-state index is -0.786. The predicted octanol–water partition coefficient (Wildman–Crippen LogP) is 3.43. The molecule has 2 aromatic rings. The third kappa shape index (κ3) is 3.08. The summed E-state index contributed by atoms with van der Waals surface area (Å²) in [5.41, 5.74) is 0.0711. The number of halogens is 2. The molecule has 104 valence electrons. The molecule has 8 heteroatoms. The zero-order valence-corrected chi connectivity index (χ0v) is 11.9. The van der Waals surface area contributed by atoms with Gasteiger partial charge in [0.15, 0.2) is 6.20 Å². The molecule has 0 aromatic carbocycles. The van der Waals surface area contributed by atoms with Crippen molar-refractivity contribution in [1.82, 2.24) is 9.97 Å². The summed E-state index contributed by atoms with van der Waals surface area (Å²) in [6.45, 7) is 1.55. The Bertz CT molecular complexity index is 654. The summed E-state index contributed by atoms with van der Waals surface area (Å²) in [6, 6.07) is 4.10. The Morgan fingerprint density at radius 3 is 2.90 bits per heavy atom. The molecule has 0 fully saturated rings. The van der Waals surface area contributed by atoms with Gasteiger partial charge < -0.3 is 14.9 Å². The molecule has 20 heavy (non-hydrogen) atoms. The first-order valence-electron chi connectivity index (χ1n) is 5.56. The molecule has 1 atom stereocenters. The van der Waals surface area contributed by atoms with Gasteiger partial charge in [0.2, 0.25) is 5.75 Å². The summed E-state index contributed by atoms with van der Waals surface area (Å²) < 4.78 is 19.5. The fourth-order valence-corrected chi connectivity index (χ4v) is 1.89. The van der Waals surface area contributed by atoms with Crippen molar-refractivity contribution in [2.24, 2.45) is 0 Å². The van der Waals surface area contributed by atoms with Crippen molar-refractivity contribution in [1.29, 1.82) is 0 Å². The van der Waals surface area contributed by atoms with Crippen LogP contribution in [0.3, 0.4) is 0 Å². The lowest BCUT2D eigenvalue weighted by Crippen LogP contribution is -2.09. The van der Waals surface area contributed by atoms with Gasteiger partial charge in [-0.15, -0.1) is 0 Å². The zero-order chi connectivity index (χ0) is 14.7. The molecule has 6 nitrogen and oxygen atoms in total. The molecule has 0 aliphatic heterocycles. The molecule has 0 aliphatic rings. The Morgan fingerprint density at radius 1 is 1.50 bits per heavy atom. The maximum absolute atomic E-state index is 13.6. The van der Waals surface area contributed by atoms with E-state index in [2.05, 4.69) is 25.9 Å². The highest BCUT2D eigenvalue weighted by molar-refractivity contribution is 9.10. The van der Waals surface area contributed by atoms with Crippen LogP contribution in [0.15, 0.2) is 35.1 Å². The Kier molecular flexibility index (Phi) is 4.23. The van der Waals surface area contributed by atoms with E-state index in [4.69, 9.17) is 4.74 Å². The number of pyridine rings is 2. The van der Waals surface area contributed by atoms with Crippen LogP contribution >= 0.6 is 15.9 Å². The molecule has 0 aliphatic carbocycles. The van der Waals surface area contributed by atoms with Crippen molar-refractivity contribution in [2.45, 2.75) is 13.0 Å². The largest absolute Gasteiger partial charge is 0.476 e. The summed E-state index contributed by atoms with van der Waals surface area (Å²) in [6.07, 6.45) is 1.93. The molecule has 2 heterocycles. The quantitative estimate of drug-likeness (QED) is 0.628. The number of ether oxygens (including phenoxy) is 1.